The van der Waals surface area contributed by atoms with Crippen LogP contribution in [-0.4, -0.2) is 25.6 Å². The van der Waals surface area contributed by atoms with Gasteiger partial charge in [0.1, 0.15) is 0 Å². The van der Waals surface area contributed by atoms with Crippen molar-refractivity contribution in [2.45, 2.75) is 12.8 Å². The molecule has 1 aromatic carbocycles. The molecule has 2 rings (SSSR count). The second kappa shape index (κ2) is 6.26. The van der Waals surface area contributed by atoms with Gasteiger partial charge in [-0.05, 0) is 36.8 Å². The van der Waals surface area contributed by atoms with E-state index in [1.165, 1.54) is 6.07 Å². The third-order valence-corrected chi connectivity index (χ3v) is 4.48. The van der Waals surface area contributed by atoms with Crippen molar-refractivity contribution < 1.29 is 13.9 Å². The Morgan fingerprint density at radius 1 is 1.39 bits per heavy atom. The minimum atomic E-state index is -0.342. The Morgan fingerprint density at radius 2 is 2.11 bits per heavy atom. The maximum atomic E-state index is 13.6. The molecular formula is C13H16BrFO2S. The maximum absolute atomic E-state index is 13.6. The van der Waals surface area contributed by atoms with Gasteiger partial charge in [-0.15, -0.1) is 0 Å². The number of hydrogen-bond donors (Lipinski definition) is 1. The van der Waals surface area contributed by atoms with Crippen LogP contribution in [0.1, 0.15) is 12.8 Å². The van der Waals surface area contributed by atoms with Gasteiger partial charge in [-0.1, -0.05) is 15.9 Å². The Balaban J connectivity index is 2.01. The standard InChI is InChI=1S/C13H16BrFO2S/c14-10-1-2-12(11(15)7-10)17-8-13(9-18)3-5-16-6-4-13/h1-2,7,18H,3-6,8-9H2. The van der Waals surface area contributed by atoms with Crippen LogP contribution < -0.4 is 4.74 Å². The zero-order chi connectivity index (χ0) is 13.0. The van der Waals surface area contributed by atoms with Gasteiger partial charge < -0.3 is 9.47 Å². The molecule has 0 radical (unpaired) electrons. The maximum Gasteiger partial charge on any atom is 0.166 e. The Hall–Kier alpha value is -0.260. The van der Waals surface area contributed by atoms with Crippen LogP contribution in [0, 0.1) is 11.2 Å². The number of halogens is 2. The zero-order valence-electron chi connectivity index (χ0n) is 9.99. The number of thiol groups is 1. The molecular weight excluding hydrogens is 319 g/mol. The van der Waals surface area contributed by atoms with Crippen molar-refractivity contribution in [2.75, 3.05) is 25.6 Å². The zero-order valence-corrected chi connectivity index (χ0v) is 12.5. The van der Waals surface area contributed by atoms with Crippen molar-refractivity contribution in [3.8, 4) is 5.75 Å². The third-order valence-electron chi connectivity index (χ3n) is 3.32. The van der Waals surface area contributed by atoms with Gasteiger partial charge in [0.25, 0.3) is 0 Å². The van der Waals surface area contributed by atoms with Crippen molar-refractivity contribution in [1.82, 2.24) is 0 Å². The number of hydrogen-bond acceptors (Lipinski definition) is 3. The van der Waals surface area contributed by atoms with E-state index in [2.05, 4.69) is 28.6 Å². The largest absolute Gasteiger partial charge is 0.490 e. The summed E-state index contributed by atoms with van der Waals surface area (Å²) in [5.41, 5.74) is 0.000868. The van der Waals surface area contributed by atoms with Crippen LogP contribution >= 0.6 is 28.6 Å². The van der Waals surface area contributed by atoms with Crippen LogP contribution in [0.2, 0.25) is 0 Å². The average Bonchev–Trinajstić information content (AvgIpc) is 2.39. The number of ether oxygens (including phenoxy) is 2. The van der Waals surface area contributed by atoms with Gasteiger partial charge in [-0.2, -0.15) is 12.6 Å². The summed E-state index contributed by atoms with van der Waals surface area (Å²) in [6, 6.07) is 4.83. The van der Waals surface area contributed by atoms with Crippen LogP contribution in [0.5, 0.6) is 5.75 Å². The minimum absolute atomic E-state index is 0.000868. The lowest BCUT2D eigenvalue weighted by atomic mass is 9.83. The molecule has 100 valence electrons. The van der Waals surface area contributed by atoms with Gasteiger partial charge in [-0.3, -0.25) is 0 Å². The molecule has 0 amide bonds. The van der Waals surface area contributed by atoms with Crippen LogP contribution in [0.25, 0.3) is 0 Å². The highest BCUT2D eigenvalue weighted by molar-refractivity contribution is 9.10. The molecule has 0 saturated carbocycles. The average molecular weight is 335 g/mol. The van der Waals surface area contributed by atoms with E-state index in [1.54, 1.807) is 12.1 Å². The lowest BCUT2D eigenvalue weighted by Crippen LogP contribution is -2.37. The molecule has 0 atom stereocenters. The smallest absolute Gasteiger partial charge is 0.166 e. The quantitative estimate of drug-likeness (QED) is 0.846. The third kappa shape index (κ3) is 3.39. The van der Waals surface area contributed by atoms with Gasteiger partial charge in [0.15, 0.2) is 11.6 Å². The molecule has 1 heterocycles. The second-order valence-corrected chi connectivity index (χ2v) is 5.87. The summed E-state index contributed by atoms with van der Waals surface area (Å²) in [6.45, 7) is 1.94. The summed E-state index contributed by atoms with van der Waals surface area (Å²) in [4.78, 5) is 0. The summed E-state index contributed by atoms with van der Waals surface area (Å²) in [7, 11) is 0. The van der Waals surface area contributed by atoms with Gasteiger partial charge in [0, 0.05) is 23.1 Å². The van der Waals surface area contributed by atoms with Crippen molar-refractivity contribution in [2.24, 2.45) is 5.41 Å². The molecule has 0 aromatic heterocycles. The van der Waals surface area contributed by atoms with E-state index in [4.69, 9.17) is 9.47 Å². The molecule has 0 spiro atoms. The van der Waals surface area contributed by atoms with E-state index in [9.17, 15) is 4.39 Å². The Bertz CT molecular complexity index is 408. The Morgan fingerprint density at radius 3 is 2.72 bits per heavy atom. The normalized spacial score (nSPS) is 18.6. The van der Waals surface area contributed by atoms with E-state index in [0.29, 0.717) is 16.8 Å². The van der Waals surface area contributed by atoms with Crippen LogP contribution in [0.4, 0.5) is 4.39 Å². The minimum Gasteiger partial charge on any atom is -0.490 e. The molecule has 2 nitrogen and oxygen atoms in total. The van der Waals surface area contributed by atoms with Crippen molar-refractivity contribution in [3.63, 3.8) is 0 Å². The molecule has 18 heavy (non-hydrogen) atoms. The summed E-state index contributed by atoms with van der Waals surface area (Å²) in [5.74, 6) is 0.686. The van der Waals surface area contributed by atoms with Crippen LogP contribution in [-0.2, 0) is 4.74 Å². The Kier molecular flexibility index (Phi) is 4.92. The molecule has 1 aliphatic rings. The van der Waals surface area contributed by atoms with Gasteiger partial charge >= 0.3 is 0 Å². The lowest BCUT2D eigenvalue weighted by Gasteiger charge is -2.35. The highest BCUT2D eigenvalue weighted by Crippen LogP contribution is 2.33. The van der Waals surface area contributed by atoms with E-state index in [0.717, 1.165) is 31.8 Å². The van der Waals surface area contributed by atoms with E-state index < -0.39 is 0 Å². The highest BCUT2D eigenvalue weighted by Gasteiger charge is 2.32. The fourth-order valence-electron chi connectivity index (χ4n) is 1.98. The summed E-state index contributed by atoms with van der Waals surface area (Å²) in [5, 5.41) is 0. The van der Waals surface area contributed by atoms with E-state index in [1.807, 2.05) is 0 Å². The van der Waals surface area contributed by atoms with Gasteiger partial charge in [0.2, 0.25) is 0 Å². The first-order chi connectivity index (χ1) is 8.65. The molecule has 0 unspecified atom stereocenters. The van der Waals surface area contributed by atoms with Gasteiger partial charge in [0.05, 0.1) is 6.61 Å². The number of benzene rings is 1. The summed E-state index contributed by atoms with van der Waals surface area (Å²) >= 11 is 7.63. The van der Waals surface area contributed by atoms with Crippen molar-refractivity contribution in [1.29, 1.82) is 0 Å². The molecule has 0 bridgehead atoms. The van der Waals surface area contributed by atoms with Crippen LogP contribution in [0.15, 0.2) is 22.7 Å². The highest BCUT2D eigenvalue weighted by atomic mass is 79.9. The first-order valence-electron chi connectivity index (χ1n) is 5.92. The second-order valence-electron chi connectivity index (χ2n) is 4.63. The van der Waals surface area contributed by atoms with Crippen molar-refractivity contribution >= 4 is 28.6 Å². The predicted octanol–water partition coefficient (Wildman–Crippen LogP) is 3.69. The molecule has 1 aliphatic heterocycles. The Labute approximate surface area is 120 Å². The topological polar surface area (TPSA) is 18.5 Å². The first kappa shape index (κ1) is 14.2. The molecule has 1 fully saturated rings. The van der Waals surface area contributed by atoms with E-state index in [-0.39, 0.29) is 11.2 Å². The predicted molar refractivity (Wildman–Crippen MR) is 75.9 cm³/mol. The first-order valence-corrected chi connectivity index (χ1v) is 7.34. The molecule has 0 N–H and O–H groups in total. The lowest BCUT2D eigenvalue weighted by molar-refractivity contribution is 0.00246. The van der Waals surface area contributed by atoms with E-state index >= 15 is 0 Å². The van der Waals surface area contributed by atoms with Crippen LogP contribution in [0.3, 0.4) is 0 Å². The SMILES string of the molecule is Fc1cc(Br)ccc1OCC1(CS)CCOCC1. The number of rotatable bonds is 4. The fourth-order valence-corrected chi connectivity index (χ4v) is 2.72. The molecule has 0 aliphatic carbocycles. The van der Waals surface area contributed by atoms with Gasteiger partial charge in [-0.25, -0.2) is 4.39 Å². The summed E-state index contributed by atoms with van der Waals surface area (Å²) in [6.07, 6.45) is 1.82. The molecule has 5 heteroatoms. The fraction of sp³-hybridized carbons (Fsp3) is 0.538. The summed E-state index contributed by atoms with van der Waals surface area (Å²) < 4.78 is 25.3. The van der Waals surface area contributed by atoms with Crippen molar-refractivity contribution in [3.05, 3.63) is 28.5 Å². The monoisotopic (exact) mass is 334 g/mol. The molecule has 1 aromatic rings. The molecule has 1 saturated heterocycles.